The van der Waals surface area contributed by atoms with Gasteiger partial charge in [0.05, 0.1) is 23.6 Å². The lowest BCUT2D eigenvalue weighted by Crippen LogP contribution is -2.27. The molecule has 1 aliphatic heterocycles. The molecule has 1 aliphatic rings. The van der Waals surface area contributed by atoms with Crippen LogP contribution < -0.4 is 5.32 Å². The third-order valence-corrected chi connectivity index (χ3v) is 4.30. The SMILES string of the molecule is Cc1ccc(Cn2nc(C)c(NC(=O)C3CCCO3)c2C)cc1. The van der Waals surface area contributed by atoms with Crippen LogP contribution >= 0.6 is 0 Å². The molecular formula is C18H23N3O2. The van der Waals surface area contributed by atoms with Crippen molar-refractivity contribution < 1.29 is 9.53 Å². The Hall–Kier alpha value is -2.14. The lowest BCUT2D eigenvalue weighted by molar-refractivity contribution is -0.124. The molecular weight excluding hydrogens is 290 g/mol. The molecule has 1 N–H and O–H groups in total. The Bertz CT molecular complexity index is 698. The summed E-state index contributed by atoms with van der Waals surface area (Å²) in [5, 5.41) is 7.56. The number of aromatic nitrogens is 2. The number of aryl methyl sites for hydroxylation is 2. The van der Waals surface area contributed by atoms with E-state index in [0.29, 0.717) is 13.2 Å². The third-order valence-electron chi connectivity index (χ3n) is 4.30. The first-order valence-corrected chi connectivity index (χ1v) is 8.06. The van der Waals surface area contributed by atoms with Crippen LogP contribution in [0.3, 0.4) is 0 Å². The summed E-state index contributed by atoms with van der Waals surface area (Å²) in [6.45, 7) is 7.35. The van der Waals surface area contributed by atoms with E-state index in [2.05, 4.69) is 41.6 Å². The number of hydrogen-bond acceptors (Lipinski definition) is 3. The molecule has 5 nitrogen and oxygen atoms in total. The van der Waals surface area contributed by atoms with Gasteiger partial charge in [-0.2, -0.15) is 5.10 Å². The molecule has 1 saturated heterocycles. The van der Waals surface area contributed by atoms with Gasteiger partial charge in [-0.3, -0.25) is 9.48 Å². The van der Waals surface area contributed by atoms with Crippen LogP contribution in [0.2, 0.25) is 0 Å². The van der Waals surface area contributed by atoms with Crippen LogP contribution in [0.1, 0.15) is 35.4 Å². The first kappa shape index (κ1) is 15.7. The Labute approximate surface area is 136 Å². The van der Waals surface area contributed by atoms with E-state index in [-0.39, 0.29) is 12.0 Å². The van der Waals surface area contributed by atoms with Gasteiger partial charge in [-0.1, -0.05) is 29.8 Å². The van der Waals surface area contributed by atoms with Crippen LogP contribution in [0, 0.1) is 20.8 Å². The van der Waals surface area contributed by atoms with E-state index >= 15 is 0 Å². The molecule has 1 amide bonds. The summed E-state index contributed by atoms with van der Waals surface area (Å²) in [4.78, 5) is 12.3. The quantitative estimate of drug-likeness (QED) is 0.944. The summed E-state index contributed by atoms with van der Waals surface area (Å²) in [7, 11) is 0. The number of nitrogens with one attached hydrogen (secondary N) is 1. The van der Waals surface area contributed by atoms with Crippen molar-refractivity contribution in [2.75, 3.05) is 11.9 Å². The maximum absolute atomic E-state index is 12.3. The number of ether oxygens (including phenoxy) is 1. The smallest absolute Gasteiger partial charge is 0.253 e. The summed E-state index contributed by atoms with van der Waals surface area (Å²) >= 11 is 0. The van der Waals surface area contributed by atoms with Crippen LogP contribution in [0.4, 0.5) is 5.69 Å². The van der Waals surface area contributed by atoms with Crippen molar-refractivity contribution in [2.45, 2.75) is 46.3 Å². The Morgan fingerprint density at radius 1 is 1.30 bits per heavy atom. The number of anilines is 1. The number of rotatable bonds is 4. The summed E-state index contributed by atoms with van der Waals surface area (Å²) in [5.41, 5.74) is 5.04. The average Bonchev–Trinajstić information content (AvgIpc) is 3.14. The minimum Gasteiger partial charge on any atom is -0.368 e. The molecule has 0 saturated carbocycles. The highest BCUT2D eigenvalue weighted by atomic mass is 16.5. The van der Waals surface area contributed by atoms with Crippen LogP contribution in [-0.2, 0) is 16.1 Å². The maximum atomic E-state index is 12.3. The minimum atomic E-state index is -0.325. The highest BCUT2D eigenvalue weighted by Gasteiger charge is 2.25. The van der Waals surface area contributed by atoms with Gasteiger partial charge in [-0.15, -0.1) is 0 Å². The van der Waals surface area contributed by atoms with Gasteiger partial charge in [0.1, 0.15) is 6.10 Å². The molecule has 1 unspecified atom stereocenters. The van der Waals surface area contributed by atoms with Crippen molar-refractivity contribution in [1.82, 2.24) is 9.78 Å². The minimum absolute atomic E-state index is 0.0661. The molecule has 0 aliphatic carbocycles. The van der Waals surface area contributed by atoms with E-state index in [1.807, 2.05) is 18.5 Å². The van der Waals surface area contributed by atoms with Gasteiger partial charge in [0, 0.05) is 6.61 Å². The van der Waals surface area contributed by atoms with Crippen LogP contribution in [0.5, 0.6) is 0 Å². The first-order valence-electron chi connectivity index (χ1n) is 8.06. The molecule has 0 spiro atoms. The molecule has 0 radical (unpaired) electrons. The van der Waals surface area contributed by atoms with Crippen LogP contribution in [0.15, 0.2) is 24.3 Å². The molecule has 2 aromatic rings. The zero-order valence-corrected chi connectivity index (χ0v) is 13.9. The van der Waals surface area contributed by atoms with Crippen molar-refractivity contribution in [3.05, 3.63) is 46.8 Å². The molecule has 1 fully saturated rings. The summed E-state index contributed by atoms with van der Waals surface area (Å²) in [6, 6.07) is 8.41. The Kier molecular flexibility index (Phi) is 4.48. The topological polar surface area (TPSA) is 56.2 Å². The fourth-order valence-electron chi connectivity index (χ4n) is 2.89. The molecule has 5 heteroatoms. The molecule has 3 rings (SSSR count). The van der Waals surface area contributed by atoms with E-state index in [1.54, 1.807) is 0 Å². The van der Waals surface area contributed by atoms with E-state index in [1.165, 1.54) is 11.1 Å². The fourth-order valence-corrected chi connectivity index (χ4v) is 2.89. The van der Waals surface area contributed by atoms with Gasteiger partial charge < -0.3 is 10.1 Å². The van der Waals surface area contributed by atoms with Crippen molar-refractivity contribution in [3.63, 3.8) is 0 Å². The second-order valence-electron chi connectivity index (χ2n) is 6.18. The molecule has 2 heterocycles. The van der Waals surface area contributed by atoms with Crippen molar-refractivity contribution in [2.24, 2.45) is 0 Å². The average molecular weight is 313 g/mol. The van der Waals surface area contributed by atoms with Gasteiger partial charge >= 0.3 is 0 Å². The molecule has 122 valence electrons. The number of nitrogens with zero attached hydrogens (tertiary/aromatic N) is 2. The predicted octanol–water partition coefficient (Wildman–Crippen LogP) is 2.97. The molecule has 1 atom stereocenters. The van der Waals surface area contributed by atoms with E-state index in [4.69, 9.17) is 4.74 Å². The number of benzene rings is 1. The zero-order valence-electron chi connectivity index (χ0n) is 13.9. The summed E-state index contributed by atoms with van der Waals surface area (Å²) in [6.07, 6.45) is 1.42. The number of carbonyl (C=O) groups excluding carboxylic acids is 1. The highest BCUT2D eigenvalue weighted by molar-refractivity contribution is 5.95. The Morgan fingerprint density at radius 2 is 2.04 bits per heavy atom. The Balaban J connectivity index is 1.76. The maximum Gasteiger partial charge on any atom is 0.253 e. The largest absolute Gasteiger partial charge is 0.368 e. The van der Waals surface area contributed by atoms with Gasteiger partial charge in [-0.25, -0.2) is 0 Å². The van der Waals surface area contributed by atoms with Crippen molar-refractivity contribution >= 4 is 11.6 Å². The molecule has 23 heavy (non-hydrogen) atoms. The second-order valence-corrected chi connectivity index (χ2v) is 6.18. The fraction of sp³-hybridized carbons (Fsp3) is 0.444. The number of hydrogen-bond donors (Lipinski definition) is 1. The molecule has 0 bridgehead atoms. The molecule has 1 aromatic heterocycles. The van der Waals surface area contributed by atoms with E-state index < -0.39 is 0 Å². The normalized spacial score (nSPS) is 17.4. The van der Waals surface area contributed by atoms with E-state index in [9.17, 15) is 4.79 Å². The van der Waals surface area contributed by atoms with Crippen molar-refractivity contribution in [1.29, 1.82) is 0 Å². The molecule has 1 aromatic carbocycles. The highest BCUT2D eigenvalue weighted by Crippen LogP contribution is 2.22. The van der Waals surface area contributed by atoms with Gasteiger partial charge in [0.15, 0.2) is 0 Å². The third kappa shape index (κ3) is 3.45. The lowest BCUT2D eigenvalue weighted by atomic mass is 10.1. The summed E-state index contributed by atoms with van der Waals surface area (Å²) < 4.78 is 7.38. The first-order chi connectivity index (χ1) is 11.0. The van der Waals surface area contributed by atoms with Crippen molar-refractivity contribution in [3.8, 4) is 0 Å². The van der Waals surface area contributed by atoms with Gasteiger partial charge in [-0.05, 0) is 39.2 Å². The van der Waals surface area contributed by atoms with Crippen LogP contribution in [-0.4, -0.2) is 28.4 Å². The van der Waals surface area contributed by atoms with Gasteiger partial charge in [0.2, 0.25) is 0 Å². The lowest BCUT2D eigenvalue weighted by Gasteiger charge is -2.11. The standard InChI is InChI=1S/C18H23N3O2/c1-12-6-8-15(9-7-12)11-21-14(3)17(13(2)20-21)19-18(22)16-5-4-10-23-16/h6-9,16H,4-5,10-11H2,1-3H3,(H,19,22). The monoisotopic (exact) mass is 313 g/mol. The number of carbonyl (C=O) groups is 1. The zero-order chi connectivity index (χ0) is 16.4. The van der Waals surface area contributed by atoms with E-state index in [0.717, 1.165) is 29.9 Å². The second kappa shape index (κ2) is 6.54. The van der Waals surface area contributed by atoms with Gasteiger partial charge in [0.25, 0.3) is 5.91 Å². The predicted molar refractivity (Wildman–Crippen MR) is 89.6 cm³/mol. The summed E-state index contributed by atoms with van der Waals surface area (Å²) in [5.74, 6) is -0.0661. The Morgan fingerprint density at radius 3 is 2.70 bits per heavy atom. The van der Waals surface area contributed by atoms with Crippen LogP contribution in [0.25, 0.3) is 0 Å². The number of amides is 1.